The highest BCUT2D eigenvalue weighted by atomic mass is 16.3. The van der Waals surface area contributed by atoms with Crippen molar-refractivity contribution in [1.82, 2.24) is 0 Å². The van der Waals surface area contributed by atoms with E-state index in [0.29, 0.717) is 22.2 Å². The van der Waals surface area contributed by atoms with Gasteiger partial charge in [0.1, 0.15) is 0 Å². The first-order chi connectivity index (χ1) is 14.4. The molecule has 4 aliphatic carbocycles. The van der Waals surface area contributed by atoms with Crippen LogP contribution in [0.4, 0.5) is 0 Å². The van der Waals surface area contributed by atoms with Gasteiger partial charge in [-0.2, -0.15) is 0 Å². The van der Waals surface area contributed by atoms with Gasteiger partial charge in [0.25, 0.3) is 0 Å². The first-order valence-corrected chi connectivity index (χ1v) is 13.4. The highest BCUT2D eigenvalue weighted by Gasteiger charge is 2.63. The van der Waals surface area contributed by atoms with E-state index in [4.69, 9.17) is 0 Å². The summed E-state index contributed by atoms with van der Waals surface area (Å²) in [6.45, 7) is 19.6. The molecule has 0 aliphatic heterocycles. The van der Waals surface area contributed by atoms with Crippen LogP contribution in [0.3, 0.4) is 0 Å². The van der Waals surface area contributed by atoms with E-state index in [1.165, 1.54) is 63.4 Å². The van der Waals surface area contributed by atoms with Crippen LogP contribution in [-0.4, -0.2) is 11.2 Å². The van der Waals surface area contributed by atoms with Crippen LogP contribution in [0.25, 0.3) is 0 Å². The van der Waals surface area contributed by atoms with Crippen LogP contribution in [0.5, 0.6) is 0 Å². The van der Waals surface area contributed by atoms with E-state index in [2.05, 4.69) is 61.5 Å². The number of allylic oxidation sites excluding steroid dienone is 4. The SMILES string of the molecule is CC(C)=CCC[C@H](C)[C@@H]1CC[C@]2(C)C3=C(CC[C@]12C)[C@]1(C)CC[C@H](O)C(C)(C)[C@H]1CC3. The Labute approximate surface area is 193 Å². The summed E-state index contributed by atoms with van der Waals surface area (Å²) in [6.07, 6.45) is 15.2. The van der Waals surface area contributed by atoms with E-state index < -0.39 is 0 Å². The molecule has 2 fully saturated rings. The highest BCUT2D eigenvalue weighted by molar-refractivity contribution is 5.38. The molecule has 1 heteroatoms. The highest BCUT2D eigenvalue weighted by Crippen LogP contribution is 2.72. The zero-order valence-electron chi connectivity index (χ0n) is 21.9. The van der Waals surface area contributed by atoms with Gasteiger partial charge in [-0.25, -0.2) is 0 Å². The molecule has 4 aliphatic rings. The minimum atomic E-state index is -0.130. The molecule has 2 saturated carbocycles. The van der Waals surface area contributed by atoms with Crippen molar-refractivity contribution in [3.05, 3.63) is 22.8 Å². The Bertz CT molecular complexity index is 767. The van der Waals surface area contributed by atoms with Crippen molar-refractivity contribution >= 4 is 0 Å². The fraction of sp³-hybridized carbons (Fsp3) is 0.867. The fourth-order valence-electron chi connectivity index (χ4n) is 9.47. The smallest absolute Gasteiger partial charge is 0.0594 e. The minimum Gasteiger partial charge on any atom is -0.393 e. The molecule has 0 spiro atoms. The van der Waals surface area contributed by atoms with Crippen molar-refractivity contribution in [3.8, 4) is 0 Å². The number of hydrogen-bond acceptors (Lipinski definition) is 1. The van der Waals surface area contributed by atoms with Gasteiger partial charge in [0.2, 0.25) is 0 Å². The summed E-state index contributed by atoms with van der Waals surface area (Å²) in [5.41, 5.74) is 6.41. The Kier molecular flexibility index (Phi) is 5.90. The van der Waals surface area contributed by atoms with E-state index in [9.17, 15) is 5.11 Å². The molecule has 1 N–H and O–H groups in total. The van der Waals surface area contributed by atoms with Crippen LogP contribution < -0.4 is 0 Å². The summed E-state index contributed by atoms with van der Waals surface area (Å²) in [6, 6.07) is 0. The lowest BCUT2D eigenvalue weighted by atomic mass is 9.43. The van der Waals surface area contributed by atoms with E-state index in [-0.39, 0.29) is 11.5 Å². The van der Waals surface area contributed by atoms with Gasteiger partial charge in [-0.05, 0) is 117 Å². The standard InChI is InChI=1S/C30H50O/c1-20(2)10-9-11-21(3)22-14-18-30(8)24-12-13-25-27(4,5)26(31)16-17-28(25,6)23(24)15-19-29(22,30)7/h10,21-22,25-26,31H,9,11-19H2,1-8H3/t21-,22-,25+,26-,28-,29+,30+/m0/s1. The molecule has 1 nitrogen and oxygen atoms in total. The van der Waals surface area contributed by atoms with Crippen molar-refractivity contribution in [2.75, 3.05) is 0 Å². The maximum atomic E-state index is 10.8. The van der Waals surface area contributed by atoms with Crippen molar-refractivity contribution in [3.63, 3.8) is 0 Å². The molecule has 0 aromatic carbocycles. The van der Waals surface area contributed by atoms with Gasteiger partial charge in [0, 0.05) is 0 Å². The van der Waals surface area contributed by atoms with Crippen LogP contribution in [0.1, 0.15) is 120 Å². The Morgan fingerprint density at radius 1 is 0.968 bits per heavy atom. The molecular formula is C30H50O. The normalized spacial score (nSPS) is 44.9. The molecule has 0 bridgehead atoms. The third-order valence-corrected chi connectivity index (χ3v) is 11.7. The second kappa shape index (κ2) is 7.75. The van der Waals surface area contributed by atoms with Crippen LogP contribution in [0.2, 0.25) is 0 Å². The van der Waals surface area contributed by atoms with Crippen molar-refractivity contribution in [2.45, 2.75) is 126 Å². The third-order valence-electron chi connectivity index (χ3n) is 11.7. The molecule has 0 unspecified atom stereocenters. The third kappa shape index (κ3) is 3.34. The molecular weight excluding hydrogens is 376 g/mol. The molecule has 31 heavy (non-hydrogen) atoms. The van der Waals surface area contributed by atoms with Crippen LogP contribution >= 0.6 is 0 Å². The van der Waals surface area contributed by atoms with E-state index in [1.807, 2.05) is 11.1 Å². The van der Waals surface area contributed by atoms with Crippen molar-refractivity contribution in [2.24, 2.45) is 39.4 Å². The average Bonchev–Trinajstić information content (AvgIpc) is 2.96. The van der Waals surface area contributed by atoms with Gasteiger partial charge < -0.3 is 5.11 Å². The van der Waals surface area contributed by atoms with Crippen LogP contribution in [0, 0.1) is 39.4 Å². The Hall–Kier alpha value is -0.560. The number of rotatable bonds is 4. The van der Waals surface area contributed by atoms with E-state index in [1.54, 1.807) is 0 Å². The van der Waals surface area contributed by atoms with Gasteiger partial charge in [-0.15, -0.1) is 0 Å². The Balaban J connectivity index is 1.65. The number of hydrogen-bond donors (Lipinski definition) is 1. The number of aliphatic hydroxyl groups is 1. The molecule has 0 saturated heterocycles. The second-order valence-electron chi connectivity index (χ2n) is 13.6. The topological polar surface area (TPSA) is 20.2 Å². The minimum absolute atomic E-state index is 0.0465. The van der Waals surface area contributed by atoms with Gasteiger partial charge in [-0.3, -0.25) is 0 Å². The first-order valence-electron chi connectivity index (χ1n) is 13.4. The maximum absolute atomic E-state index is 10.8. The van der Waals surface area contributed by atoms with E-state index in [0.717, 1.165) is 18.3 Å². The lowest BCUT2D eigenvalue weighted by molar-refractivity contribution is -0.0962. The number of aliphatic hydroxyl groups excluding tert-OH is 1. The van der Waals surface area contributed by atoms with Gasteiger partial charge in [0.15, 0.2) is 0 Å². The molecule has 0 aromatic rings. The molecule has 4 rings (SSSR count). The summed E-state index contributed by atoms with van der Waals surface area (Å²) >= 11 is 0. The quantitative estimate of drug-likeness (QED) is 0.447. The summed E-state index contributed by atoms with van der Waals surface area (Å²) in [5.74, 6) is 2.32. The molecule has 0 aromatic heterocycles. The first kappa shape index (κ1) is 23.6. The predicted molar refractivity (Wildman–Crippen MR) is 133 cm³/mol. The van der Waals surface area contributed by atoms with Gasteiger partial charge >= 0.3 is 0 Å². The lowest BCUT2D eigenvalue weighted by Crippen LogP contribution is -2.55. The molecule has 0 radical (unpaired) electrons. The second-order valence-corrected chi connectivity index (χ2v) is 13.6. The zero-order valence-corrected chi connectivity index (χ0v) is 21.9. The van der Waals surface area contributed by atoms with E-state index >= 15 is 0 Å². The van der Waals surface area contributed by atoms with Crippen molar-refractivity contribution < 1.29 is 5.11 Å². The molecule has 0 heterocycles. The summed E-state index contributed by atoms with van der Waals surface area (Å²) in [7, 11) is 0. The van der Waals surface area contributed by atoms with Crippen LogP contribution in [0.15, 0.2) is 22.8 Å². The largest absolute Gasteiger partial charge is 0.393 e. The maximum Gasteiger partial charge on any atom is 0.0594 e. The Morgan fingerprint density at radius 2 is 1.68 bits per heavy atom. The monoisotopic (exact) mass is 426 g/mol. The molecule has 7 atom stereocenters. The summed E-state index contributed by atoms with van der Waals surface area (Å²) < 4.78 is 0. The average molecular weight is 427 g/mol. The summed E-state index contributed by atoms with van der Waals surface area (Å²) in [5, 5.41) is 10.8. The zero-order chi connectivity index (χ0) is 22.8. The van der Waals surface area contributed by atoms with Crippen molar-refractivity contribution in [1.29, 1.82) is 0 Å². The predicted octanol–water partition coefficient (Wildman–Crippen LogP) is 8.48. The van der Waals surface area contributed by atoms with Gasteiger partial charge in [0.05, 0.1) is 6.10 Å². The Morgan fingerprint density at radius 3 is 2.35 bits per heavy atom. The van der Waals surface area contributed by atoms with Gasteiger partial charge in [-0.1, -0.05) is 64.3 Å². The number of fused-ring (bicyclic) bond motifs is 4. The fourth-order valence-corrected chi connectivity index (χ4v) is 9.47. The molecule has 0 amide bonds. The summed E-state index contributed by atoms with van der Waals surface area (Å²) in [4.78, 5) is 0. The van der Waals surface area contributed by atoms with Crippen LogP contribution in [-0.2, 0) is 0 Å². The lowest BCUT2D eigenvalue weighted by Gasteiger charge is -2.62. The molecule has 176 valence electrons.